The number of carbonyl (C=O) groups excluding carboxylic acids is 1. The largest absolute Gasteiger partial charge is 0.478 e. The first-order valence-corrected chi connectivity index (χ1v) is 6.82. The highest BCUT2D eigenvalue weighted by atomic mass is 35.5. The third kappa shape index (κ3) is 3.41. The quantitative estimate of drug-likeness (QED) is 0.909. The topological polar surface area (TPSA) is 66.4 Å². The highest BCUT2D eigenvalue weighted by molar-refractivity contribution is 6.33. The first-order chi connectivity index (χ1) is 10.0. The van der Waals surface area contributed by atoms with Gasteiger partial charge in [-0.15, -0.1) is 0 Å². The predicted molar refractivity (Wildman–Crippen MR) is 81.9 cm³/mol. The lowest BCUT2D eigenvalue weighted by atomic mass is 10.0. The average Bonchev–Trinajstić information content (AvgIpc) is 2.48. The average molecular weight is 304 g/mol. The number of amides is 1. The van der Waals surface area contributed by atoms with Gasteiger partial charge in [0, 0.05) is 12.1 Å². The zero-order chi connectivity index (χ0) is 15.4. The molecule has 0 aliphatic carbocycles. The van der Waals surface area contributed by atoms with Crippen LogP contribution in [0.15, 0.2) is 42.5 Å². The SMILES string of the molecule is CCNC(=O)c1cccc(-c2ccc(Cl)c(C(=O)O)c2)c1. The summed E-state index contributed by atoms with van der Waals surface area (Å²) in [7, 11) is 0. The van der Waals surface area contributed by atoms with E-state index in [4.69, 9.17) is 16.7 Å². The molecule has 108 valence electrons. The van der Waals surface area contributed by atoms with E-state index in [-0.39, 0.29) is 16.5 Å². The van der Waals surface area contributed by atoms with Crippen molar-refractivity contribution in [1.29, 1.82) is 0 Å². The fourth-order valence-electron chi connectivity index (χ4n) is 1.97. The minimum Gasteiger partial charge on any atom is -0.478 e. The number of carboxylic acids is 1. The third-order valence-corrected chi connectivity index (χ3v) is 3.32. The maximum Gasteiger partial charge on any atom is 0.337 e. The lowest BCUT2D eigenvalue weighted by Crippen LogP contribution is -2.22. The minimum absolute atomic E-state index is 0.0394. The number of benzene rings is 2. The van der Waals surface area contributed by atoms with Crippen LogP contribution in [0, 0.1) is 0 Å². The van der Waals surface area contributed by atoms with Crippen LogP contribution in [-0.4, -0.2) is 23.5 Å². The summed E-state index contributed by atoms with van der Waals surface area (Å²) in [5.41, 5.74) is 2.03. The van der Waals surface area contributed by atoms with Crippen molar-refractivity contribution in [2.45, 2.75) is 6.92 Å². The molecule has 0 saturated heterocycles. The summed E-state index contributed by atoms with van der Waals surface area (Å²) >= 11 is 5.86. The number of aromatic carboxylic acids is 1. The van der Waals surface area contributed by atoms with Gasteiger partial charge in [-0.05, 0) is 42.3 Å². The Labute approximate surface area is 127 Å². The molecule has 2 N–H and O–H groups in total. The van der Waals surface area contributed by atoms with Gasteiger partial charge >= 0.3 is 5.97 Å². The Kier molecular flexibility index (Phi) is 4.60. The Morgan fingerprint density at radius 3 is 2.52 bits per heavy atom. The molecule has 2 aromatic carbocycles. The molecule has 0 aliphatic rings. The first-order valence-electron chi connectivity index (χ1n) is 6.44. The van der Waals surface area contributed by atoms with E-state index in [0.717, 1.165) is 5.56 Å². The van der Waals surface area contributed by atoms with E-state index < -0.39 is 5.97 Å². The van der Waals surface area contributed by atoms with E-state index in [1.165, 1.54) is 6.07 Å². The minimum atomic E-state index is -1.08. The van der Waals surface area contributed by atoms with Gasteiger partial charge < -0.3 is 10.4 Å². The molecule has 2 aromatic rings. The van der Waals surface area contributed by atoms with Gasteiger partial charge in [0.2, 0.25) is 0 Å². The first kappa shape index (κ1) is 15.1. The molecule has 21 heavy (non-hydrogen) atoms. The molecule has 0 bridgehead atoms. The molecule has 0 saturated carbocycles. The van der Waals surface area contributed by atoms with Crippen molar-refractivity contribution in [3.8, 4) is 11.1 Å². The van der Waals surface area contributed by atoms with E-state index >= 15 is 0 Å². The van der Waals surface area contributed by atoms with Gasteiger partial charge in [-0.3, -0.25) is 4.79 Å². The second kappa shape index (κ2) is 6.41. The fraction of sp³-hybridized carbons (Fsp3) is 0.125. The molecule has 2 rings (SSSR count). The van der Waals surface area contributed by atoms with Crippen LogP contribution in [0.3, 0.4) is 0 Å². The summed E-state index contributed by atoms with van der Waals surface area (Å²) in [5.74, 6) is -1.24. The van der Waals surface area contributed by atoms with Crippen LogP contribution in [0.1, 0.15) is 27.6 Å². The molecule has 0 aromatic heterocycles. The summed E-state index contributed by atoms with van der Waals surface area (Å²) in [6.07, 6.45) is 0. The Morgan fingerprint density at radius 1 is 1.14 bits per heavy atom. The molecule has 0 aliphatic heterocycles. The predicted octanol–water partition coefficient (Wildman–Crippen LogP) is 3.45. The summed E-state index contributed by atoms with van der Waals surface area (Å²) in [4.78, 5) is 22.9. The van der Waals surface area contributed by atoms with Crippen LogP contribution in [0.4, 0.5) is 0 Å². The highest BCUT2D eigenvalue weighted by Crippen LogP contribution is 2.26. The van der Waals surface area contributed by atoms with Gasteiger partial charge in [0.15, 0.2) is 0 Å². The molecule has 0 atom stereocenters. The zero-order valence-corrected chi connectivity index (χ0v) is 12.1. The molecule has 0 radical (unpaired) electrons. The van der Waals surface area contributed by atoms with Crippen LogP contribution >= 0.6 is 11.6 Å². The molecular weight excluding hydrogens is 290 g/mol. The summed E-state index contributed by atoms with van der Waals surface area (Å²) < 4.78 is 0. The Morgan fingerprint density at radius 2 is 1.86 bits per heavy atom. The number of hydrogen-bond donors (Lipinski definition) is 2. The maximum absolute atomic E-state index is 11.8. The second-order valence-electron chi connectivity index (χ2n) is 4.44. The summed E-state index contributed by atoms with van der Waals surface area (Å²) in [5, 5.41) is 12.0. The number of hydrogen-bond acceptors (Lipinski definition) is 2. The number of carbonyl (C=O) groups is 2. The van der Waals surface area contributed by atoms with Crippen molar-refractivity contribution in [3.63, 3.8) is 0 Å². The molecule has 0 heterocycles. The molecule has 5 heteroatoms. The van der Waals surface area contributed by atoms with Gasteiger partial charge in [-0.1, -0.05) is 29.8 Å². The Hall–Kier alpha value is -2.33. The lowest BCUT2D eigenvalue weighted by molar-refractivity contribution is 0.0697. The molecular formula is C16H14ClNO3. The van der Waals surface area contributed by atoms with Gasteiger partial charge in [0.25, 0.3) is 5.91 Å². The smallest absolute Gasteiger partial charge is 0.337 e. The highest BCUT2D eigenvalue weighted by Gasteiger charge is 2.11. The van der Waals surface area contributed by atoms with Crippen molar-refractivity contribution >= 4 is 23.5 Å². The number of rotatable bonds is 4. The monoisotopic (exact) mass is 303 g/mol. The van der Waals surface area contributed by atoms with Crippen LogP contribution in [0.25, 0.3) is 11.1 Å². The summed E-state index contributed by atoms with van der Waals surface area (Å²) in [6.45, 7) is 2.40. The van der Waals surface area contributed by atoms with Crippen molar-refractivity contribution in [2.24, 2.45) is 0 Å². The molecule has 4 nitrogen and oxygen atoms in total. The van der Waals surface area contributed by atoms with E-state index in [9.17, 15) is 9.59 Å². The van der Waals surface area contributed by atoms with E-state index in [1.54, 1.807) is 30.3 Å². The van der Waals surface area contributed by atoms with Crippen LogP contribution < -0.4 is 5.32 Å². The fourth-order valence-corrected chi connectivity index (χ4v) is 2.17. The molecule has 0 spiro atoms. The van der Waals surface area contributed by atoms with E-state index in [1.807, 2.05) is 13.0 Å². The van der Waals surface area contributed by atoms with Crippen molar-refractivity contribution < 1.29 is 14.7 Å². The zero-order valence-electron chi connectivity index (χ0n) is 11.4. The normalized spacial score (nSPS) is 10.2. The molecule has 0 unspecified atom stereocenters. The van der Waals surface area contributed by atoms with Crippen molar-refractivity contribution in [2.75, 3.05) is 6.54 Å². The molecule has 1 amide bonds. The number of nitrogens with one attached hydrogen (secondary N) is 1. The maximum atomic E-state index is 11.8. The number of carboxylic acid groups (broad SMARTS) is 1. The van der Waals surface area contributed by atoms with Crippen LogP contribution in [0.5, 0.6) is 0 Å². The van der Waals surface area contributed by atoms with Gasteiger partial charge in [0.1, 0.15) is 0 Å². The van der Waals surface area contributed by atoms with Gasteiger partial charge in [0.05, 0.1) is 10.6 Å². The van der Waals surface area contributed by atoms with Gasteiger partial charge in [-0.2, -0.15) is 0 Å². The van der Waals surface area contributed by atoms with Crippen LogP contribution in [0.2, 0.25) is 5.02 Å². The second-order valence-corrected chi connectivity index (χ2v) is 4.85. The Bertz CT molecular complexity index is 698. The van der Waals surface area contributed by atoms with E-state index in [0.29, 0.717) is 17.7 Å². The van der Waals surface area contributed by atoms with Crippen LogP contribution in [-0.2, 0) is 0 Å². The lowest BCUT2D eigenvalue weighted by Gasteiger charge is -2.07. The van der Waals surface area contributed by atoms with E-state index in [2.05, 4.69) is 5.32 Å². The van der Waals surface area contributed by atoms with Crippen molar-refractivity contribution in [1.82, 2.24) is 5.32 Å². The third-order valence-electron chi connectivity index (χ3n) is 2.99. The number of halogens is 1. The summed E-state index contributed by atoms with van der Waals surface area (Å²) in [6, 6.07) is 11.8. The van der Waals surface area contributed by atoms with Gasteiger partial charge in [-0.25, -0.2) is 4.79 Å². The van der Waals surface area contributed by atoms with Crippen molar-refractivity contribution in [3.05, 3.63) is 58.6 Å². The molecule has 0 fully saturated rings. The standard InChI is InChI=1S/C16H14ClNO3/c1-2-18-15(19)12-5-3-4-10(8-12)11-6-7-14(17)13(9-11)16(20)21/h3-9H,2H2,1H3,(H,18,19)(H,20,21). The Balaban J connectivity index is 2.43.